The number of ether oxygens (including phenoxy) is 1. The lowest BCUT2D eigenvalue weighted by atomic mass is 10.1. The van der Waals surface area contributed by atoms with Gasteiger partial charge in [-0.15, -0.1) is 0 Å². The number of nitrogens with one attached hydrogen (secondary N) is 1. The summed E-state index contributed by atoms with van der Waals surface area (Å²) in [7, 11) is 1.47. The second-order valence-electron chi connectivity index (χ2n) is 4.94. The molecule has 2 aromatic carbocycles. The van der Waals surface area contributed by atoms with E-state index in [1.807, 2.05) is 0 Å². The first-order valence-electron chi connectivity index (χ1n) is 6.86. The number of carbonyl (C=O) groups is 1. The second-order valence-corrected chi connectivity index (χ2v) is 5.81. The van der Waals surface area contributed by atoms with E-state index in [0.717, 1.165) is 0 Å². The molecule has 0 saturated heterocycles. The van der Waals surface area contributed by atoms with E-state index < -0.39 is 11.5 Å². The van der Waals surface area contributed by atoms with Gasteiger partial charge in [0, 0.05) is 21.1 Å². The largest absolute Gasteiger partial charge is 0.493 e. The minimum absolute atomic E-state index is 0.133. The highest BCUT2D eigenvalue weighted by atomic mass is 35.5. The Morgan fingerprint density at radius 1 is 1.12 bits per heavy atom. The van der Waals surface area contributed by atoms with Gasteiger partial charge in [0.15, 0.2) is 11.3 Å². The summed E-state index contributed by atoms with van der Waals surface area (Å²) in [4.78, 5) is 24.5. The van der Waals surface area contributed by atoms with Crippen LogP contribution in [0, 0.1) is 0 Å². The van der Waals surface area contributed by atoms with Crippen LogP contribution in [0.25, 0.3) is 11.0 Å². The van der Waals surface area contributed by atoms with Gasteiger partial charge in [-0.2, -0.15) is 0 Å². The standard InChI is InChI=1S/C17H11Cl2NO4/c1-23-14-4-2-3-9-5-13(17(22)24-15(9)14)16(21)20-12-7-10(18)6-11(19)8-12/h2-8H,1H3,(H,20,21). The van der Waals surface area contributed by atoms with Crippen LogP contribution in [0.4, 0.5) is 5.69 Å². The molecule has 0 spiro atoms. The highest BCUT2D eigenvalue weighted by Crippen LogP contribution is 2.25. The molecule has 122 valence electrons. The molecular formula is C17H11Cl2NO4. The summed E-state index contributed by atoms with van der Waals surface area (Å²) in [5, 5.41) is 3.88. The van der Waals surface area contributed by atoms with Gasteiger partial charge in [-0.05, 0) is 30.3 Å². The lowest BCUT2D eigenvalue weighted by Gasteiger charge is -2.07. The fourth-order valence-corrected chi connectivity index (χ4v) is 2.79. The number of para-hydroxylation sites is 1. The second kappa shape index (κ2) is 6.55. The molecule has 0 fully saturated rings. The number of halogens is 2. The van der Waals surface area contributed by atoms with Crippen molar-refractivity contribution in [2.45, 2.75) is 0 Å². The number of hydrogen-bond acceptors (Lipinski definition) is 4. The Morgan fingerprint density at radius 2 is 1.83 bits per heavy atom. The van der Waals surface area contributed by atoms with E-state index in [4.69, 9.17) is 32.4 Å². The first kappa shape index (κ1) is 16.4. The Balaban J connectivity index is 2.01. The molecule has 0 saturated carbocycles. The summed E-state index contributed by atoms with van der Waals surface area (Å²) in [6.07, 6.45) is 0. The zero-order valence-electron chi connectivity index (χ0n) is 12.4. The third-order valence-corrected chi connectivity index (χ3v) is 3.75. The Bertz CT molecular complexity index is 977. The van der Waals surface area contributed by atoms with E-state index in [2.05, 4.69) is 5.32 Å². The van der Waals surface area contributed by atoms with Crippen molar-refractivity contribution in [3.63, 3.8) is 0 Å². The van der Waals surface area contributed by atoms with E-state index in [9.17, 15) is 9.59 Å². The smallest absolute Gasteiger partial charge is 0.349 e. The van der Waals surface area contributed by atoms with Crippen LogP contribution in [-0.4, -0.2) is 13.0 Å². The average molecular weight is 364 g/mol. The molecule has 5 nitrogen and oxygen atoms in total. The summed E-state index contributed by atoms with van der Waals surface area (Å²) >= 11 is 11.8. The van der Waals surface area contributed by atoms with E-state index in [-0.39, 0.29) is 11.1 Å². The number of hydrogen-bond donors (Lipinski definition) is 1. The molecule has 1 amide bonds. The van der Waals surface area contributed by atoms with Crippen molar-refractivity contribution in [1.82, 2.24) is 0 Å². The van der Waals surface area contributed by atoms with Gasteiger partial charge in [0.25, 0.3) is 5.91 Å². The van der Waals surface area contributed by atoms with Crippen LogP contribution in [-0.2, 0) is 0 Å². The number of rotatable bonds is 3. The number of anilines is 1. The van der Waals surface area contributed by atoms with Crippen LogP contribution in [0.5, 0.6) is 5.75 Å². The van der Waals surface area contributed by atoms with Crippen molar-refractivity contribution in [2.24, 2.45) is 0 Å². The summed E-state index contributed by atoms with van der Waals surface area (Å²) in [6, 6.07) is 11.2. The van der Waals surface area contributed by atoms with Crippen LogP contribution < -0.4 is 15.7 Å². The Kier molecular flexibility index (Phi) is 4.46. The molecule has 24 heavy (non-hydrogen) atoms. The predicted molar refractivity (Wildman–Crippen MR) is 93.5 cm³/mol. The predicted octanol–water partition coefficient (Wildman–Crippen LogP) is 4.36. The van der Waals surface area contributed by atoms with Gasteiger partial charge < -0.3 is 14.5 Å². The molecule has 0 radical (unpaired) electrons. The third-order valence-electron chi connectivity index (χ3n) is 3.31. The topological polar surface area (TPSA) is 68.5 Å². The number of methoxy groups -OCH3 is 1. The molecule has 0 atom stereocenters. The van der Waals surface area contributed by atoms with E-state index in [1.165, 1.54) is 31.4 Å². The van der Waals surface area contributed by atoms with Gasteiger partial charge >= 0.3 is 5.63 Å². The van der Waals surface area contributed by atoms with Gasteiger partial charge in [0.05, 0.1) is 7.11 Å². The van der Waals surface area contributed by atoms with Gasteiger partial charge in [-0.1, -0.05) is 35.3 Å². The number of carbonyl (C=O) groups excluding carboxylic acids is 1. The maximum Gasteiger partial charge on any atom is 0.349 e. The summed E-state index contributed by atoms with van der Waals surface area (Å²) in [5.74, 6) is -0.204. The average Bonchev–Trinajstić information content (AvgIpc) is 2.52. The normalized spacial score (nSPS) is 10.6. The quantitative estimate of drug-likeness (QED) is 0.701. The minimum atomic E-state index is -0.766. The molecule has 1 heterocycles. The van der Waals surface area contributed by atoms with Gasteiger partial charge in [-0.3, -0.25) is 4.79 Å². The third kappa shape index (κ3) is 3.22. The maximum absolute atomic E-state index is 12.4. The molecule has 0 unspecified atom stereocenters. The summed E-state index contributed by atoms with van der Waals surface area (Å²) in [5.41, 5.74) is -0.237. The first-order valence-corrected chi connectivity index (χ1v) is 7.62. The molecular weight excluding hydrogens is 353 g/mol. The van der Waals surface area contributed by atoms with Crippen molar-refractivity contribution in [1.29, 1.82) is 0 Å². The highest BCUT2D eigenvalue weighted by Gasteiger charge is 2.16. The van der Waals surface area contributed by atoms with Crippen molar-refractivity contribution in [2.75, 3.05) is 12.4 Å². The molecule has 0 bridgehead atoms. The molecule has 3 rings (SSSR count). The number of benzene rings is 2. The Morgan fingerprint density at radius 3 is 2.50 bits per heavy atom. The van der Waals surface area contributed by atoms with Crippen LogP contribution >= 0.6 is 23.2 Å². The van der Waals surface area contributed by atoms with Crippen LogP contribution in [0.1, 0.15) is 10.4 Å². The van der Waals surface area contributed by atoms with Crippen LogP contribution in [0.2, 0.25) is 10.0 Å². The van der Waals surface area contributed by atoms with Crippen LogP contribution in [0.15, 0.2) is 51.7 Å². The molecule has 0 aliphatic carbocycles. The van der Waals surface area contributed by atoms with E-state index in [0.29, 0.717) is 26.9 Å². The fourth-order valence-electron chi connectivity index (χ4n) is 2.26. The van der Waals surface area contributed by atoms with Gasteiger partial charge in [0.1, 0.15) is 5.56 Å². The molecule has 3 aromatic rings. The van der Waals surface area contributed by atoms with Crippen molar-refractivity contribution >= 4 is 45.8 Å². The fraction of sp³-hybridized carbons (Fsp3) is 0.0588. The summed E-state index contributed by atoms with van der Waals surface area (Å²) in [6.45, 7) is 0. The van der Waals surface area contributed by atoms with E-state index in [1.54, 1.807) is 18.2 Å². The monoisotopic (exact) mass is 363 g/mol. The number of fused-ring (bicyclic) bond motifs is 1. The SMILES string of the molecule is COc1cccc2cc(C(=O)Nc3cc(Cl)cc(Cl)c3)c(=O)oc12. The minimum Gasteiger partial charge on any atom is -0.493 e. The molecule has 1 N–H and O–H groups in total. The number of amides is 1. The van der Waals surface area contributed by atoms with Crippen molar-refractivity contribution in [3.05, 3.63) is 68.5 Å². The summed E-state index contributed by atoms with van der Waals surface area (Å²) < 4.78 is 10.4. The molecule has 1 aromatic heterocycles. The lowest BCUT2D eigenvalue weighted by molar-refractivity contribution is 0.102. The zero-order chi connectivity index (χ0) is 17.3. The van der Waals surface area contributed by atoms with Gasteiger partial charge in [0.2, 0.25) is 0 Å². The van der Waals surface area contributed by atoms with Crippen LogP contribution in [0.3, 0.4) is 0 Å². The highest BCUT2D eigenvalue weighted by molar-refractivity contribution is 6.35. The Labute approximate surface area is 146 Å². The lowest BCUT2D eigenvalue weighted by Crippen LogP contribution is -2.20. The molecule has 7 heteroatoms. The first-order chi connectivity index (χ1) is 11.5. The van der Waals surface area contributed by atoms with Crippen molar-refractivity contribution < 1.29 is 13.9 Å². The van der Waals surface area contributed by atoms with Gasteiger partial charge in [-0.25, -0.2) is 4.79 Å². The maximum atomic E-state index is 12.4. The zero-order valence-corrected chi connectivity index (χ0v) is 13.9. The van der Waals surface area contributed by atoms with Crippen molar-refractivity contribution in [3.8, 4) is 5.75 Å². The molecule has 0 aliphatic rings. The van der Waals surface area contributed by atoms with E-state index >= 15 is 0 Å². The molecule has 0 aliphatic heterocycles. The Hall–Kier alpha value is -2.50.